The van der Waals surface area contributed by atoms with E-state index in [0.717, 1.165) is 31.7 Å². The number of anilines is 1. The van der Waals surface area contributed by atoms with Crippen molar-refractivity contribution < 1.29 is 14.3 Å². The van der Waals surface area contributed by atoms with Gasteiger partial charge in [-0.1, -0.05) is 6.07 Å². The minimum absolute atomic E-state index is 0.157. The molecule has 1 aromatic rings. The van der Waals surface area contributed by atoms with Gasteiger partial charge in [0, 0.05) is 11.8 Å². The van der Waals surface area contributed by atoms with Crippen LogP contribution in [0.15, 0.2) is 24.3 Å². The molecule has 0 aromatic heterocycles. The molecule has 0 atom stereocenters. The Balaban J connectivity index is 1.99. The average Bonchev–Trinajstić information content (AvgIpc) is 2.36. The molecule has 1 aliphatic heterocycles. The Morgan fingerprint density at radius 1 is 1.27 bits per heavy atom. The summed E-state index contributed by atoms with van der Waals surface area (Å²) in [7, 11) is 0. The van der Waals surface area contributed by atoms with Crippen molar-refractivity contribution in [2.24, 2.45) is 0 Å². The lowest BCUT2D eigenvalue weighted by Crippen LogP contribution is -2.43. The SMILES string of the molecule is CC(C)(C)OC(=O)Nc1cccc(OC2(C)CCNCC2)c1. The van der Waals surface area contributed by atoms with Crippen molar-refractivity contribution in [3.63, 3.8) is 0 Å². The Labute approximate surface area is 132 Å². The van der Waals surface area contributed by atoms with E-state index in [1.54, 1.807) is 0 Å². The van der Waals surface area contributed by atoms with E-state index >= 15 is 0 Å². The van der Waals surface area contributed by atoms with E-state index in [4.69, 9.17) is 9.47 Å². The van der Waals surface area contributed by atoms with Crippen LogP contribution in [0.1, 0.15) is 40.5 Å². The van der Waals surface area contributed by atoms with E-state index in [0.29, 0.717) is 5.69 Å². The van der Waals surface area contributed by atoms with Gasteiger partial charge in [0.25, 0.3) is 0 Å². The van der Waals surface area contributed by atoms with Crippen molar-refractivity contribution in [1.82, 2.24) is 5.32 Å². The van der Waals surface area contributed by atoms with Gasteiger partial charge in [0.05, 0.1) is 0 Å². The zero-order chi connectivity index (χ0) is 16.2. The molecule has 1 aromatic carbocycles. The third-order valence-corrected chi connectivity index (χ3v) is 3.50. The highest BCUT2D eigenvalue weighted by molar-refractivity contribution is 5.85. The summed E-state index contributed by atoms with van der Waals surface area (Å²) in [5.41, 5.74) is 0.000554. The molecule has 1 amide bonds. The molecule has 0 unspecified atom stereocenters. The van der Waals surface area contributed by atoms with Crippen LogP contribution in [0, 0.1) is 0 Å². The highest BCUT2D eigenvalue weighted by Gasteiger charge is 2.28. The maximum absolute atomic E-state index is 11.8. The molecule has 0 spiro atoms. The Kier molecular flexibility index (Phi) is 4.96. The normalized spacial score (nSPS) is 17.6. The van der Waals surface area contributed by atoms with Gasteiger partial charge in [-0.3, -0.25) is 5.32 Å². The van der Waals surface area contributed by atoms with Crippen molar-refractivity contribution in [2.75, 3.05) is 18.4 Å². The second-order valence-electron chi connectivity index (χ2n) is 6.96. The largest absolute Gasteiger partial charge is 0.487 e. The highest BCUT2D eigenvalue weighted by atomic mass is 16.6. The number of benzene rings is 1. The summed E-state index contributed by atoms with van der Waals surface area (Å²) in [4.78, 5) is 11.8. The Morgan fingerprint density at radius 3 is 2.59 bits per heavy atom. The molecule has 2 rings (SSSR count). The molecule has 2 N–H and O–H groups in total. The highest BCUT2D eigenvalue weighted by Crippen LogP contribution is 2.27. The van der Waals surface area contributed by atoms with E-state index in [2.05, 4.69) is 17.6 Å². The second-order valence-corrected chi connectivity index (χ2v) is 6.96. The van der Waals surface area contributed by atoms with Crippen molar-refractivity contribution >= 4 is 11.8 Å². The van der Waals surface area contributed by atoms with Crippen LogP contribution in [-0.4, -0.2) is 30.4 Å². The average molecular weight is 306 g/mol. The first-order chi connectivity index (χ1) is 10.3. The van der Waals surface area contributed by atoms with Crippen LogP contribution in [-0.2, 0) is 4.74 Å². The van der Waals surface area contributed by atoms with Crippen LogP contribution in [0.4, 0.5) is 10.5 Å². The smallest absolute Gasteiger partial charge is 0.412 e. The quantitative estimate of drug-likeness (QED) is 0.896. The predicted octanol–water partition coefficient (Wildman–Crippen LogP) is 3.55. The Hall–Kier alpha value is -1.75. The molecule has 22 heavy (non-hydrogen) atoms. The van der Waals surface area contributed by atoms with Gasteiger partial charge in [-0.05, 0) is 65.8 Å². The third kappa shape index (κ3) is 5.22. The number of hydrogen-bond acceptors (Lipinski definition) is 4. The maximum Gasteiger partial charge on any atom is 0.412 e. The standard InChI is InChI=1S/C17H26N2O3/c1-16(2,3)22-15(20)19-13-6-5-7-14(12-13)21-17(4)8-10-18-11-9-17/h5-7,12,18H,8-11H2,1-4H3,(H,19,20). The van der Waals surface area contributed by atoms with E-state index in [9.17, 15) is 4.79 Å². The van der Waals surface area contributed by atoms with Crippen LogP contribution in [0.25, 0.3) is 0 Å². The lowest BCUT2D eigenvalue weighted by molar-refractivity contribution is 0.0557. The van der Waals surface area contributed by atoms with Crippen molar-refractivity contribution in [3.8, 4) is 5.75 Å². The summed E-state index contributed by atoms with van der Waals surface area (Å²) in [6.07, 6.45) is 1.48. The number of ether oxygens (including phenoxy) is 2. The first kappa shape index (κ1) is 16.6. The van der Waals surface area contributed by atoms with E-state index in [1.807, 2.05) is 45.0 Å². The third-order valence-electron chi connectivity index (χ3n) is 3.50. The lowest BCUT2D eigenvalue weighted by atomic mass is 9.94. The monoisotopic (exact) mass is 306 g/mol. The number of hydrogen-bond donors (Lipinski definition) is 2. The molecule has 0 radical (unpaired) electrons. The minimum atomic E-state index is -0.513. The number of rotatable bonds is 3. The summed E-state index contributed by atoms with van der Waals surface area (Å²) in [5, 5.41) is 6.07. The van der Waals surface area contributed by atoms with Gasteiger partial charge in [0.15, 0.2) is 0 Å². The fraction of sp³-hybridized carbons (Fsp3) is 0.588. The molecular formula is C17H26N2O3. The van der Waals surface area contributed by atoms with Crippen molar-refractivity contribution in [1.29, 1.82) is 0 Å². The zero-order valence-electron chi connectivity index (χ0n) is 13.9. The number of carbonyl (C=O) groups is 1. The molecule has 1 aliphatic rings. The summed E-state index contributed by atoms with van der Waals surface area (Å²) < 4.78 is 11.4. The van der Waals surface area contributed by atoms with E-state index in [1.165, 1.54) is 0 Å². The molecule has 0 aliphatic carbocycles. The summed E-state index contributed by atoms with van der Waals surface area (Å²) >= 11 is 0. The molecule has 0 saturated carbocycles. The van der Waals surface area contributed by atoms with Crippen molar-refractivity contribution in [2.45, 2.75) is 51.7 Å². The van der Waals surface area contributed by atoms with Gasteiger partial charge in [0.1, 0.15) is 17.0 Å². The van der Waals surface area contributed by atoms with Crippen LogP contribution >= 0.6 is 0 Å². The first-order valence-corrected chi connectivity index (χ1v) is 7.76. The van der Waals surface area contributed by atoms with Crippen LogP contribution in [0.3, 0.4) is 0 Å². The van der Waals surface area contributed by atoms with Gasteiger partial charge in [-0.2, -0.15) is 0 Å². The maximum atomic E-state index is 11.8. The number of nitrogens with one attached hydrogen (secondary N) is 2. The zero-order valence-corrected chi connectivity index (χ0v) is 13.9. The van der Waals surface area contributed by atoms with Gasteiger partial charge in [-0.15, -0.1) is 0 Å². The molecular weight excluding hydrogens is 280 g/mol. The van der Waals surface area contributed by atoms with E-state index in [-0.39, 0.29) is 5.60 Å². The number of carbonyl (C=O) groups excluding carboxylic acids is 1. The van der Waals surface area contributed by atoms with Gasteiger partial charge < -0.3 is 14.8 Å². The number of amides is 1. The molecule has 1 fully saturated rings. The van der Waals surface area contributed by atoms with E-state index < -0.39 is 11.7 Å². The fourth-order valence-corrected chi connectivity index (χ4v) is 2.40. The molecule has 1 saturated heterocycles. The summed E-state index contributed by atoms with van der Waals surface area (Å²) in [6.45, 7) is 9.57. The topological polar surface area (TPSA) is 59.6 Å². The summed E-state index contributed by atoms with van der Waals surface area (Å²) in [5.74, 6) is 0.762. The minimum Gasteiger partial charge on any atom is -0.487 e. The molecule has 122 valence electrons. The molecule has 5 nitrogen and oxygen atoms in total. The van der Waals surface area contributed by atoms with Gasteiger partial charge in [-0.25, -0.2) is 4.79 Å². The van der Waals surface area contributed by atoms with Gasteiger partial charge >= 0.3 is 6.09 Å². The second kappa shape index (κ2) is 6.57. The number of piperidine rings is 1. The van der Waals surface area contributed by atoms with Crippen LogP contribution in [0.5, 0.6) is 5.75 Å². The lowest BCUT2D eigenvalue weighted by Gasteiger charge is -2.34. The summed E-state index contributed by atoms with van der Waals surface area (Å²) in [6, 6.07) is 7.43. The Morgan fingerprint density at radius 2 is 1.95 bits per heavy atom. The van der Waals surface area contributed by atoms with Crippen LogP contribution in [0.2, 0.25) is 0 Å². The molecule has 1 heterocycles. The Bertz CT molecular complexity index is 517. The predicted molar refractivity (Wildman–Crippen MR) is 87.4 cm³/mol. The first-order valence-electron chi connectivity index (χ1n) is 7.76. The molecule has 5 heteroatoms. The van der Waals surface area contributed by atoms with Crippen molar-refractivity contribution in [3.05, 3.63) is 24.3 Å². The van der Waals surface area contributed by atoms with Crippen LogP contribution < -0.4 is 15.4 Å². The van der Waals surface area contributed by atoms with Gasteiger partial charge in [0.2, 0.25) is 0 Å². The molecule has 0 bridgehead atoms. The fourth-order valence-electron chi connectivity index (χ4n) is 2.40.